The Kier molecular flexibility index (Phi) is 5.07. The lowest BCUT2D eigenvalue weighted by atomic mass is 9.77. The van der Waals surface area contributed by atoms with Crippen molar-refractivity contribution in [2.45, 2.75) is 51.0 Å². The molecule has 1 saturated carbocycles. The molecular formula is C16H22N2O4. The van der Waals surface area contributed by atoms with Crippen LogP contribution in [0.25, 0.3) is 0 Å². The van der Waals surface area contributed by atoms with Crippen molar-refractivity contribution in [3.8, 4) is 12.3 Å². The molecule has 3 amide bonds. The standard InChI is InChI=1S/C16H22N2O4/c1-3-4-5-10-22-13(19)11-18-14(20)16(17-15(18)21)8-6-12(2)7-9-16/h1,12H,4-11H2,2H3,(H,17,21). The molecule has 1 aliphatic carbocycles. The third-order valence-electron chi connectivity index (χ3n) is 4.39. The number of esters is 1. The quantitative estimate of drug-likeness (QED) is 0.361. The smallest absolute Gasteiger partial charge is 0.326 e. The SMILES string of the molecule is C#CCCCOC(=O)CN1C(=O)NC2(CCC(C)CC2)C1=O. The summed E-state index contributed by atoms with van der Waals surface area (Å²) in [6, 6.07) is -0.500. The number of imide groups is 1. The molecule has 0 radical (unpaired) electrons. The average molecular weight is 306 g/mol. The summed E-state index contributed by atoms with van der Waals surface area (Å²) in [5.41, 5.74) is -0.812. The summed E-state index contributed by atoms with van der Waals surface area (Å²) < 4.78 is 4.99. The highest BCUT2D eigenvalue weighted by molar-refractivity contribution is 6.08. The van der Waals surface area contributed by atoms with Gasteiger partial charge in [0.25, 0.3) is 5.91 Å². The molecule has 6 heteroatoms. The molecule has 0 aromatic heterocycles. The molecule has 22 heavy (non-hydrogen) atoms. The fourth-order valence-electron chi connectivity index (χ4n) is 2.95. The van der Waals surface area contributed by atoms with Crippen molar-refractivity contribution in [3.05, 3.63) is 0 Å². The van der Waals surface area contributed by atoms with Crippen LogP contribution in [0, 0.1) is 18.3 Å². The molecule has 0 aromatic carbocycles. The van der Waals surface area contributed by atoms with Gasteiger partial charge in [0.15, 0.2) is 0 Å². The summed E-state index contributed by atoms with van der Waals surface area (Å²) in [6.07, 6.45) is 9.27. The van der Waals surface area contributed by atoms with Crippen LogP contribution in [0.2, 0.25) is 0 Å². The van der Waals surface area contributed by atoms with E-state index < -0.39 is 17.5 Å². The van der Waals surface area contributed by atoms with Gasteiger partial charge in [-0.2, -0.15) is 0 Å². The number of hydrogen-bond donors (Lipinski definition) is 1. The summed E-state index contributed by atoms with van der Waals surface area (Å²) in [5, 5.41) is 2.77. The number of carbonyl (C=O) groups is 3. The molecule has 1 N–H and O–H groups in total. The van der Waals surface area contributed by atoms with Gasteiger partial charge in [0, 0.05) is 6.42 Å². The first kappa shape index (κ1) is 16.3. The molecule has 0 aromatic rings. The molecule has 0 bridgehead atoms. The third kappa shape index (κ3) is 3.41. The van der Waals surface area contributed by atoms with Crippen LogP contribution in [0.15, 0.2) is 0 Å². The minimum Gasteiger partial charge on any atom is -0.464 e. The maximum Gasteiger partial charge on any atom is 0.326 e. The highest BCUT2D eigenvalue weighted by Crippen LogP contribution is 2.36. The lowest BCUT2D eigenvalue weighted by Gasteiger charge is -2.33. The number of carbonyl (C=O) groups excluding carboxylic acids is 3. The Bertz CT molecular complexity index is 501. The number of nitrogens with one attached hydrogen (secondary N) is 1. The van der Waals surface area contributed by atoms with E-state index >= 15 is 0 Å². The zero-order valence-corrected chi connectivity index (χ0v) is 12.9. The van der Waals surface area contributed by atoms with E-state index in [2.05, 4.69) is 18.2 Å². The Morgan fingerprint density at radius 2 is 2.14 bits per heavy atom. The van der Waals surface area contributed by atoms with E-state index in [1.54, 1.807) is 0 Å². The lowest BCUT2D eigenvalue weighted by molar-refractivity contribution is -0.148. The zero-order chi connectivity index (χ0) is 16.2. The van der Waals surface area contributed by atoms with E-state index in [4.69, 9.17) is 11.2 Å². The third-order valence-corrected chi connectivity index (χ3v) is 4.39. The number of urea groups is 1. The van der Waals surface area contributed by atoms with Gasteiger partial charge >= 0.3 is 12.0 Å². The molecule has 0 unspecified atom stereocenters. The van der Waals surface area contributed by atoms with E-state index in [0.29, 0.717) is 31.6 Å². The summed E-state index contributed by atoms with van der Waals surface area (Å²) in [4.78, 5) is 37.2. The van der Waals surface area contributed by atoms with Gasteiger partial charge in [-0.15, -0.1) is 12.3 Å². The van der Waals surface area contributed by atoms with Crippen LogP contribution in [0.3, 0.4) is 0 Å². The molecule has 1 aliphatic heterocycles. The predicted molar refractivity (Wildman–Crippen MR) is 79.6 cm³/mol. The van der Waals surface area contributed by atoms with E-state index in [1.165, 1.54) is 0 Å². The second kappa shape index (κ2) is 6.82. The minimum absolute atomic E-state index is 0.204. The first-order valence-corrected chi connectivity index (χ1v) is 7.72. The van der Waals surface area contributed by atoms with E-state index in [0.717, 1.165) is 17.7 Å². The number of terminal acetylenes is 1. The van der Waals surface area contributed by atoms with Crippen molar-refractivity contribution in [2.24, 2.45) is 5.92 Å². The first-order valence-electron chi connectivity index (χ1n) is 7.72. The monoisotopic (exact) mass is 306 g/mol. The van der Waals surface area contributed by atoms with E-state index in [1.807, 2.05) is 0 Å². The van der Waals surface area contributed by atoms with Crippen LogP contribution < -0.4 is 5.32 Å². The van der Waals surface area contributed by atoms with Gasteiger partial charge in [-0.1, -0.05) is 6.92 Å². The van der Waals surface area contributed by atoms with Crippen LogP contribution in [0.4, 0.5) is 4.79 Å². The molecule has 1 saturated heterocycles. The van der Waals surface area contributed by atoms with Gasteiger partial charge < -0.3 is 10.1 Å². The van der Waals surface area contributed by atoms with Crippen molar-refractivity contribution in [1.29, 1.82) is 0 Å². The molecule has 1 spiro atoms. The van der Waals surface area contributed by atoms with Gasteiger partial charge in [0.2, 0.25) is 0 Å². The molecule has 120 valence electrons. The van der Waals surface area contributed by atoms with E-state index in [-0.39, 0.29) is 19.1 Å². The van der Waals surface area contributed by atoms with Gasteiger partial charge in [-0.25, -0.2) is 4.79 Å². The fourth-order valence-corrected chi connectivity index (χ4v) is 2.95. The molecule has 0 atom stereocenters. The summed E-state index contributed by atoms with van der Waals surface area (Å²) in [5.74, 6) is 2.13. The molecule has 2 fully saturated rings. The number of hydrogen-bond acceptors (Lipinski definition) is 4. The Morgan fingerprint density at radius 3 is 2.77 bits per heavy atom. The second-order valence-electron chi connectivity index (χ2n) is 6.11. The summed E-state index contributed by atoms with van der Waals surface area (Å²) >= 11 is 0. The number of unbranched alkanes of at least 4 members (excludes halogenated alkanes) is 1. The fraction of sp³-hybridized carbons (Fsp3) is 0.688. The second-order valence-corrected chi connectivity index (χ2v) is 6.11. The molecule has 2 aliphatic rings. The Labute approximate surface area is 130 Å². The maximum atomic E-state index is 12.5. The molecule has 1 heterocycles. The summed E-state index contributed by atoms with van der Waals surface area (Å²) in [7, 11) is 0. The zero-order valence-electron chi connectivity index (χ0n) is 12.9. The number of nitrogens with zero attached hydrogens (tertiary/aromatic N) is 1. The molecule has 2 rings (SSSR count). The topological polar surface area (TPSA) is 75.7 Å². The van der Waals surface area contributed by atoms with Crippen molar-refractivity contribution in [2.75, 3.05) is 13.2 Å². The molecular weight excluding hydrogens is 284 g/mol. The van der Waals surface area contributed by atoms with Crippen LogP contribution in [-0.2, 0) is 14.3 Å². The lowest BCUT2D eigenvalue weighted by Crippen LogP contribution is -2.49. The highest BCUT2D eigenvalue weighted by atomic mass is 16.5. The predicted octanol–water partition coefficient (Wildman–Crippen LogP) is 1.44. The van der Waals surface area contributed by atoms with Crippen LogP contribution in [0.1, 0.15) is 45.4 Å². The van der Waals surface area contributed by atoms with Gasteiger partial charge in [-0.3, -0.25) is 14.5 Å². The largest absolute Gasteiger partial charge is 0.464 e. The van der Waals surface area contributed by atoms with Crippen molar-refractivity contribution >= 4 is 17.9 Å². The first-order chi connectivity index (χ1) is 10.5. The van der Waals surface area contributed by atoms with Crippen molar-refractivity contribution in [1.82, 2.24) is 10.2 Å². The van der Waals surface area contributed by atoms with Crippen LogP contribution in [0.5, 0.6) is 0 Å². The Balaban J connectivity index is 1.89. The average Bonchev–Trinajstić information content (AvgIpc) is 2.72. The van der Waals surface area contributed by atoms with Crippen LogP contribution >= 0.6 is 0 Å². The van der Waals surface area contributed by atoms with Crippen molar-refractivity contribution in [3.63, 3.8) is 0 Å². The summed E-state index contributed by atoms with van der Waals surface area (Å²) in [6.45, 7) is 2.01. The van der Waals surface area contributed by atoms with Gasteiger partial charge in [0.05, 0.1) is 6.61 Å². The van der Waals surface area contributed by atoms with Crippen LogP contribution in [-0.4, -0.2) is 41.5 Å². The minimum atomic E-state index is -0.812. The number of ether oxygens (including phenoxy) is 1. The van der Waals surface area contributed by atoms with Gasteiger partial charge in [0.1, 0.15) is 12.1 Å². The Morgan fingerprint density at radius 1 is 1.45 bits per heavy atom. The van der Waals surface area contributed by atoms with Gasteiger partial charge in [-0.05, 0) is 38.0 Å². The van der Waals surface area contributed by atoms with E-state index in [9.17, 15) is 14.4 Å². The number of amides is 3. The molecule has 6 nitrogen and oxygen atoms in total. The Hall–Kier alpha value is -2.03. The normalized spacial score (nSPS) is 27.6. The number of rotatable bonds is 5. The van der Waals surface area contributed by atoms with Crippen molar-refractivity contribution < 1.29 is 19.1 Å². The highest BCUT2D eigenvalue weighted by Gasteiger charge is 2.52. The maximum absolute atomic E-state index is 12.5.